The molecule has 1 amide bonds. The van der Waals surface area contributed by atoms with Crippen molar-refractivity contribution >= 4 is 5.91 Å². The Balaban J connectivity index is 1.60. The zero-order valence-electron chi connectivity index (χ0n) is 13.6. The molecule has 2 aromatic rings. The highest BCUT2D eigenvalue weighted by atomic mass is 19.1. The summed E-state index contributed by atoms with van der Waals surface area (Å²) in [4.78, 5) is 14.5. The van der Waals surface area contributed by atoms with Crippen LogP contribution >= 0.6 is 0 Å². The number of halogens is 1. The summed E-state index contributed by atoms with van der Waals surface area (Å²) in [6.07, 6.45) is 3.79. The third-order valence-electron chi connectivity index (χ3n) is 5.04. The Kier molecular flexibility index (Phi) is 3.82. The molecule has 1 aromatic carbocycles. The molecule has 0 spiro atoms. The Hall–Kier alpha value is -2.24. The molecule has 2 fully saturated rings. The van der Waals surface area contributed by atoms with E-state index in [2.05, 4.69) is 17.1 Å². The molecule has 1 aliphatic heterocycles. The number of nitrogens with zero attached hydrogens (tertiary/aromatic N) is 3. The van der Waals surface area contributed by atoms with Gasteiger partial charge in [0.25, 0.3) is 5.89 Å². The fourth-order valence-corrected chi connectivity index (χ4v) is 3.44. The Morgan fingerprint density at radius 3 is 2.83 bits per heavy atom. The smallest absolute Gasteiger partial charge is 0.250 e. The van der Waals surface area contributed by atoms with Crippen LogP contribution in [0.15, 0.2) is 28.7 Å². The molecule has 4 rings (SSSR count). The summed E-state index contributed by atoms with van der Waals surface area (Å²) in [6, 6.07) is 6.14. The molecule has 1 saturated heterocycles. The third kappa shape index (κ3) is 2.70. The first-order chi connectivity index (χ1) is 11.6. The number of rotatable bonds is 3. The quantitative estimate of drug-likeness (QED) is 0.863. The fourth-order valence-electron chi connectivity index (χ4n) is 3.44. The van der Waals surface area contributed by atoms with Crippen LogP contribution in [-0.2, 0) is 4.79 Å². The van der Waals surface area contributed by atoms with E-state index in [1.54, 1.807) is 18.2 Å². The van der Waals surface area contributed by atoms with Gasteiger partial charge in [-0.1, -0.05) is 19.1 Å². The first-order valence-electron chi connectivity index (χ1n) is 8.54. The van der Waals surface area contributed by atoms with Gasteiger partial charge in [0.1, 0.15) is 11.9 Å². The van der Waals surface area contributed by atoms with Gasteiger partial charge < -0.3 is 9.32 Å². The SMILES string of the molecule is C[C@@H]1C[C@H]1C(=O)N1CCCC[C@@H]1c1nnc(-c2ccccc2F)o1. The van der Waals surface area contributed by atoms with Crippen LogP contribution in [0.2, 0.25) is 0 Å². The summed E-state index contributed by atoms with van der Waals surface area (Å²) in [5.41, 5.74) is 0.292. The molecule has 6 heteroatoms. The van der Waals surface area contributed by atoms with Crippen molar-refractivity contribution in [2.75, 3.05) is 6.54 Å². The van der Waals surface area contributed by atoms with Crippen molar-refractivity contribution in [3.05, 3.63) is 36.0 Å². The maximum Gasteiger partial charge on any atom is 0.250 e. The summed E-state index contributed by atoms with van der Waals surface area (Å²) in [7, 11) is 0. The summed E-state index contributed by atoms with van der Waals surface area (Å²) < 4.78 is 19.6. The van der Waals surface area contributed by atoms with Crippen LogP contribution in [-0.4, -0.2) is 27.5 Å². The Labute approximate surface area is 139 Å². The lowest BCUT2D eigenvalue weighted by Crippen LogP contribution is -2.39. The molecule has 0 bridgehead atoms. The Bertz CT molecular complexity index is 760. The molecular weight excluding hydrogens is 309 g/mol. The van der Waals surface area contributed by atoms with Gasteiger partial charge in [0.05, 0.1) is 5.56 Å². The molecule has 1 aromatic heterocycles. The van der Waals surface area contributed by atoms with Crippen LogP contribution in [0.1, 0.15) is 44.5 Å². The summed E-state index contributed by atoms with van der Waals surface area (Å²) in [5.74, 6) is 0.987. The molecule has 2 heterocycles. The monoisotopic (exact) mass is 329 g/mol. The molecular formula is C18H20FN3O2. The number of hydrogen-bond donors (Lipinski definition) is 0. The number of piperidine rings is 1. The highest BCUT2D eigenvalue weighted by Gasteiger charge is 2.44. The van der Waals surface area contributed by atoms with Crippen molar-refractivity contribution in [1.82, 2.24) is 15.1 Å². The first kappa shape index (κ1) is 15.3. The molecule has 0 unspecified atom stereocenters. The number of carbonyl (C=O) groups is 1. The molecule has 3 atom stereocenters. The van der Waals surface area contributed by atoms with Crippen LogP contribution in [0, 0.1) is 17.7 Å². The second kappa shape index (κ2) is 6.00. The van der Waals surface area contributed by atoms with Crippen molar-refractivity contribution < 1.29 is 13.6 Å². The van der Waals surface area contributed by atoms with E-state index in [0.717, 1.165) is 32.2 Å². The molecule has 0 radical (unpaired) electrons. The number of likely N-dealkylation sites (tertiary alicyclic amines) is 1. The van der Waals surface area contributed by atoms with Crippen molar-refractivity contribution in [2.45, 2.75) is 38.6 Å². The zero-order chi connectivity index (χ0) is 16.7. The second-order valence-electron chi connectivity index (χ2n) is 6.79. The van der Waals surface area contributed by atoms with Gasteiger partial charge in [0.2, 0.25) is 11.8 Å². The van der Waals surface area contributed by atoms with Crippen LogP contribution in [0.3, 0.4) is 0 Å². The van der Waals surface area contributed by atoms with Gasteiger partial charge in [0.15, 0.2) is 0 Å². The van der Waals surface area contributed by atoms with Crippen LogP contribution in [0.5, 0.6) is 0 Å². The molecule has 0 N–H and O–H groups in total. The number of amides is 1. The van der Waals surface area contributed by atoms with Gasteiger partial charge in [-0.3, -0.25) is 4.79 Å². The summed E-state index contributed by atoms with van der Waals surface area (Å²) in [5, 5.41) is 8.11. The summed E-state index contributed by atoms with van der Waals surface area (Å²) in [6.45, 7) is 2.83. The minimum Gasteiger partial charge on any atom is -0.418 e. The number of carbonyl (C=O) groups excluding carboxylic acids is 1. The predicted octanol–water partition coefficient (Wildman–Crippen LogP) is 3.59. The first-order valence-corrected chi connectivity index (χ1v) is 8.54. The van der Waals surface area contributed by atoms with E-state index >= 15 is 0 Å². The molecule has 1 saturated carbocycles. The molecule has 1 aliphatic carbocycles. The Morgan fingerprint density at radius 2 is 2.08 bits per heavy atom. The van der Waals surface area contributed by atoms with E-state index in [1.807, 2.05) is 4.90 Å². The van der Waals surface area contributed by atoms with Gasteiger partial charge in [-0.05, 0) is 43.7 Å². The van der Waals surface area contributed by atoms with E-state index in [4.69, 9.17) is 4.42 Å². The normalized spacial score (nSPS) is 26.4. The van der Waals surface area contributed by atoms with Gasteiger partial charge >= 0.3 is 0 Å². The van der Waals surface area contributed by atoms with Crippen LogP contribution in [0.4, 0.5) is 4.39 Å². The van der Waals surface area contributed by atoms with E-state index in [-0.39, 0.29) is 23.8 Å². The second-order valence-corrected chi connectivity index (χ2v) is 6.79. The Morgan fingerprint density at radius 1 is 1.29 bits per heavy atom. The topological polar surface area (TPSA) is 59.2 Å². The van der Waals surface area contributed by atoms with Crippen molar-refractivity contribution in [2.24, 2.45) is 11.8 Å². The lowest BCUT2D eigenvalue weighted by Gasteiger charge is -2.33. The molecule has 2 aliphatic rings. The van der Waals surface area contributed by atoms with Gasteiger partial charge in [-0.25, -0.2) is 4.39 Å². The summed E-state index contributed by atoms with van der Waals surface area (Å²) >= 11 is 0. The highest BCUT2D eigenvalue weighted by molar-refractivity contribution is 5.82. The van der Waals surface area contributed by atoms with E-state index in [0.29, 0.717) is 17.4 Å². The maximum atomic E-state index is 13.9. The minimum absolute atomic E-state index is 0.138. The van der Waals surface area contributed by atoms with E-state index < -0.39 is 5.82 Å². The van der Waals surface area contributed by atoms with Gasteiger partial charge in [-0.2, -0.15) is 0 Å². The van der Waals surface area contributed by atoms with Crippen LogP contribution < -0.4 is 0 Å². The largest absolute Gasteiger partial charge is 0.418 e. The number of benzene rings is 1. The lowest BCUT2D eigenvalue weighted by atomic mass is 10.0. The number of hydrogen-bond acceptors (Lipinski definition) is 4. The molecule has 5 nitrogen and oxygen atoms in total. The average molecular weight is 329 g/mol. The third-order valence-corrected chi connectivity index (χ3v) is 5.04. The van der Waals surface area contributed by atoms with E-state index in [1.165, 1.54) is 6.07 Å². The highest BCUT2D eigenvalue weighted by Crippen LogP contribution is 2.42. The average Bonchev–Trinajstić information content (AvgIpc) is 3.14. The zero-order valence-corrected chi connectivity index (χ0v) is 13.6. The predicted molar refractivity (Wildman–Crippen MR) is 85.3 cm³/mol. The molecule has 24 heavy (non-hydrogen) atoms. The maximum absolute atomic E-state index is 13.9. The standard InChI is InChI=1S/C18H20FN3O2/c1-11-10-13(11)18(23)22-9-5-4-8-15(22)17-21-20-16(24-17)12-6-2-3-7-14(12)19/h2-3,6-7,11,13,15H,4-5,8-10H2,1H3/t11-,13-,15-/m1/s1. The minimum atomic E-state index is -0.393. The van der Waals surface area contributed by atoms with Crippen molar-refractivity contribution in [3.8, 4) is 11.5 Å². The lowest BCUT2D eigenvalue weighted by molar-refractivity contribution is -0.137. The van der Waals surface area contributed by atoms with Gasteiger partial charge in [0, 0.05) is 12.5 Å². The fraction of sp³-hybridized carbons (Fsp3) is 0.500. The number of aromatic nitrogens is 2. The van der Waals surface area contributed by atoms with E-state index in [9.17, 15) is 9.18 Å². The molecule has 126 valence electrons. The van der Waals surface area contributed by atoms with Gasteiger partial charge in [-0.15, -0.1) is 10.2 Å². The van der Waals surface area contributed by atoms with Crippen molar-refractivity contribution in [3.63, 3.8) is 0 Å². The van der Waals surface area contributed by atoms with Crippen molar-refractivity contribution in [1.29, 1.82) is 0 Å². The van der Waals surface area contributed by atoms with Crippen LogP contribution in [0.25, 0.3) is 11.5 Å².